The summed E-state index contributed by atoms with van der Waals surface area (Å²) < 4.78 is 4.94. The van der Waals surface area contributed by atoms with Crippen molar-refractivity contribution < 1.29 is 9.53 Å². The van der Waals surface area contributed by atoms with E-state index in [0.29, 0.717) is 22.9 Å². The minimum atomic E-state index is -0.440. The largest absolute Gasteiger partial charge is 0.462 e. The molecule has 0 aliphatic rings. The lowest BCUT2D eigenvalue weighted by Gasteiger charge is -2.08. The number of carbonyl (C=O) groups excluding carboxylic acids is 1. The van der Waals surface area contributed by atoms with Crippen molar-refractivity contribution in [2.24, 2.45) is 0 Å². The van der Waals surface area contributed by atoms with Gasteiger partial charge in [-0.05, 0) is 36.9 Å². The lowest BCUT2D eigenvalue weighted by atomic mass is 10.2. The van der Waals surface area contributed by atoms with E-state index < -0.39 is 5.97 Å². The number of esters is 1. The Bertz CT molecular complexity index is 575. The van der Waals surface area contributed by atoms with Gasteiger partial charge in [-0.25, -0.2) is 14.8 Å². The Morgan fingerprint density at radius 1 is 1.32 bits per heavy atom. The van der Waals surface area contributed by atoms with Gasteiger partial charge in [0.1, 0.15) is 10.1 Å². The highest BCUT2D eigenvalue weighted by molar-refractivity contribution is 7.99. The van der Waals surface area contributed by atoms with E-state index in [2.05, 4.69) is 9.97 Å². The number of nitrogens with zero attached hydrogens (tertiary/aromatic N) is 2. The first kappa shape index (κ1) is 13.4. The van der Waals surface area contributed by atoms with Gasteiger partial charge in [-0.1, -0.05) is 6.07 Å². The Balaban J connectivity index is 2.27. The third-order valence-corrected chi connectivity index (χ3v) is 3.26. The predicted molar refractivity (Wildman–Crippen MR) is 73.0 cm³/mol. The van der Waals surface area contributed by atoms with E-state index in [1.165, 1.54) is 18.0 Å². The van der Waals surface area contributed by atoms with E-state index >= 15 is 0 Å². The maximum Gasteiger partial charge on any atom is 0.340 e. The van der Waals surface area contributed by atoms with Crippen molar-refractivity contribution in [1.29, 1.82) is 0 Å². The molecule has 0 amide bonds. The molecule has 2 heterocycles. The van der Waals surface area contributed by atoms with Crippen molar-refractivity contribution in [3.8, 4) is 0 Å². The zero-order valence-electron chi connectivity index (χ0n) is 10.4. The molecule has 0 aromatic carbocycles. The van der Waals surface area contributed by atoms with E-state index in [1.807, 2.05) is 18.2 Å². The SMILES string of the molecule is CCOC(=O)c1ccnc(Sc2ccccn2)c1N. The molecule has 2 N–H and O–H groups in total. The van der Waals surface area contributed by atoms with Gasteiger partial charge in [0.15, 0.2) is 0 Å². The summed E-state index contributed by atoms with van der Waals surface area (Å²) in [4.78, 5) is 20.1. The summed E-state index contributed by atoms with van der Waals surface area (Å²) in [5, 5.41) is 1.31. The van der Waals surface area contributed by atoms with Crippen molar-refractivity contribution in [1.82, 2.24) is 9.97 Å². The minimum absolute atomic E-state index is 0.309. The molecule has 5 nitrogen and oxygen atoms in total. The van der Waals surface area contributed by atoms with Gasteiger partial charge in [-0.15, -0.1) is 0 Å². The van der Waals surface area contributed by atoms with Crippen molar-refractivity contribution >= 4 is 23.4 Å². The summed E-state index contributed by atoms with van der Waals surface area (Å²) >= 11 is 1.31. The Hall–Kier alpha value is -2.08. The molecule has 6 heteroatoms. The van der Waals surface area contributed by atoms with Crippen LogP contribution in [0.1, 0.15) is 17.3 Å². The zero-order valence-corrected chi connectivity index (χ0v) is 11.2. The molecule has 2 aromatic rings. The number of rotatable bonds is 4. The Morgan fingerprint density at radius 3 is 2.84 bits per heavy atom. The summed E-state index contributed by atoms with van der Waals surface area (Å²) in [6.45, 7) is 2.06. The average Bonchev–Trinajstić information content (AvgIpc) is 2.42. The van der Waals surface area contributed by atoms with Crippen LogP contribution in [0.15, 0.2) is 46.7 Å². The summed E-state index contributed by atoms with van der Waals surface area (Å²) in [7, 11) is 0. The first-order valence-electron chi connectivity index (χ1n) is 5.73. The van der Waals surface area contributed by atoms with Crippen LogP contribution >= 0.6 is 11.8 Å². The van der Waals surface area contributed by atoms with Gasteiger partial charge < -0.3 is 10.5 Å². The standard InChI is InChI=1S/C13H13N3O2S/c1-2-18-13(17)9-6-8-16-12(11(9)14)19-10-5-3-4-7-15-10/h3-8H,2,14H2,1H3. The van der Waals surface area contributed by atoms with E-state index in [1.54, 1.807) is 19.2 Å². The molecular formula is C13H13N3O2S. The number of aromatic nitrogens is 2. The average molecular weight is 275 g/mol. The molecule has 98 valence electrons. The number of anilines is 1. The van der Waals surface area contributed by atoms with Crippen molar-refractivity contribution in [3.63, 3.8) is 0 Å². The highest BCUT2D eigenvalue weighted by Crippen LogP contribution is 2.30. The summed E-state index contributed by atoms with van der Waals surface area (Å²) in [6, 6.07) is 7.11. The van der Waals surface area contributed by atoms with E-state index in [9.17, 15) is 4.79 Å². The van der Waals surface area contributed by atoms with Gasteiger partial charge in [-0.3, -0.25) is 0 Å². The van der Waals surface area contributed by atoms with Gasteiger partial charge >= 0.3 is 5.97 Å². The summed E-state index contributed by atoms with van der Waals surface area (Å²) in [5.74, 6) is -0.440. The first-order chi connectivity index (χ1) is 9.22. The Morgan fingerprint density at radius 2 is 2.16 bits per heavy atom. The van der Waals surface area contributed by atoms with Gasteiger partial charge in [0, 0.05) is 12.4 Å². The number of nitrogens with two attached hydrogens (primary N) is 1. The second-order valence-corrected chi connectivity index (χ2v) is 4.58. The third-order valence-electron chi connectivity index (χ3n) is 2.29. The van der Waals surface area contributed by atoms with E-state index in [-0.39, 0.29) is 0 Å². The molecule has 0 aliphatic heterocycles. The van der Waals surface area contributed by atoms with Crippen molar-refractivity contribution in [2.45, 2.75) is 17.0 Å². The normalized spacial score (nSPS) is 10.2. The van der Waals surface area contributed by atoms with Crippen LogP contribution < -0.4 is 5.73 Å². The van der Waals surface area contributed by atoms with Crippen molar-refractivity contribution in [2.75, 3.05) is 12.3 Å². The number of hydrogen-bond acceptors (Lipinski definition) is 6. The molecule has 0 unspecified atom stereocenters. The fourth-order valence-corrected chi connectivity index (χ4v) is 2.22. The molecule has 19 heavy (non-hydrogen) atoms. The molecule has 0 bridgehead atoms. The monoisotopic (exact) mass is 275 g/mol. The number of hydrogen-bond donors (Lipinski definition) is 1. The quantitative estimate of drug-likeness (QED) is 0.863. The second-order valence-electron chi connectivity index (χ2n) is 3.57. The molecule has 2 rings (SSSR count). The summed E-state index contributed by atoms with van der Waals surface area (Å²) in [5.41, 5.74) is 6.60. The highest BCUT2D eigenvalue weighted by atomic mass is 32.2. The van der Waals surface area contributed by atoms with E-state index in [4.69, 9.17) is 10.5 Å². The predicted octanol–water partition coefficient (Wildman–Crippen LogP) is 2.39. The lowest BCUT2D eigenvalue weighted by molar-refractivity contribution is 0.0527. The number of carbonyl (C=O) groups is 1. The number of pyridine rings is 2. The van der Waals surface area contributed by atoms with Crippen LogP contribution in [0.4, 0.5) is 5.69 Å². The smallest absolute Gasteiger partial charge is 0.340 e. The number of ether oxygens (including phenoxy) is 1. The first-order valence-corrected chi connectivity index (χ1v) is 6.54. The Labute approximate surface area is 115 Å². The van der Waals surface area contributed by atoms with Crippen LogP contribution in [0.25, 0.3) is 0 Å². The second kappa shape index (κ2) is 6.19. The minimum Gasteiger partial charge on any atom is -0.462 e. The molecule has 0 spiro atoms. The third kappa shape index (κ3) is 3.23. The van der Waals surface area contributed by atoms with E-state index in [0.717, 1.165) is 5.03 Å². The zero-order chi connectivity index (χ0) is 13.7. The van der Waals surface area contributed by atoms with Crippen LogP contribution in [-0.4, -0.2) is 22.5 Å². The number of nitrogen functional groups attached to an aromatic ring is 1. The maximum atomic E-state index is 11.7. The maximum absolute atomic E-state index is 11.7. The van der Waals surface area contributed by atoms with Crippen LogP contribution in [0.3, 0.4) is 0 Å². The molecular weight excluding hydrogens is 262 g/mol. The molecule has 2 aromatic heterocycles. The fourth-order valence-electron chi connectivity index (χ4n) is 1.43. The van der Waals surface area contributed by atoms with Crippen LogP contribution in [0, 0.1) is 0 Å². The Kier molecular flexibility index (Phi) is 4.35. The van der Waals surface area contributed by atoms with Gasteiger partial charge in [0.25, 0.3) is 0 Å². The van der Waals surface area contributed by atoms with Crippen LogP contribution in [-0.2, 0) is 4.74 Å². The van der Waals surface area contributed by atoms with Gasteiger partial charge in [0.2, 0.25) is 0 Å². The summed E-state index contributed by atoms with van der Waals surface area (Å²) in [6.07, 6.45) is 3.22. The lowest BCUT2D eigenvalue weighted by Crippen LogP contribution is -2.09. The van der Waals surface area contributed by atoms with Crippen molar-refractivity contribution in [3.05, 3.63) is 42.2 Å². The molecule has 0 saturated carbocycles. The van der Waals surface area contributed by atoms with Gasteiger partial charge in [0.05, 0.1) is 17.9 Å². The van der Waals surface area contributed by atoms with Crippen LogP contribution in [0.5, 0.6) is 0 Å². The molecule has 0 aliphatic carbocycles. The van der Waals surface area contributed by atoms with Crippen LogP contribution in [0.2, 0.25) is 0 Å². The topological polar surface area (TPSA) is 78.1 Å². The molecule has 0 saturated heterocycles. The molecule has 0 atom stereocenters. The van der Waals surface area contributed by atoms with Gasteiger partial charge in [-0.2, -0.15) is 0 Å². The highest BCUT2D eigenvalue weighted by Gasteiger charge is 2.15. The fraction of sp³-hybridized carbons (Fsp3) is 0.154. The molecule has 0 fully saturated rings. The molecule has 0 radical (unpaired) electrons.